The minimum absolute atomic E-state index is 0.256. The molecule has 3 aromatic heterocycles. The smallest absolute Gasteiger partial charge is 0.257 e. The van der Waals surface area contributed by atoms with Crippen molar-refractivity contribution < 1.29 is 4.79 Å². The number of nitrogens with two attached hydrogens (primary N) is 1. The number of carbonyl (C=O) groups is 1. The number of benzene rings is 1. The zero-order valence-corrected chi connectivity index (χ0v) is 14.8. The zero-order valence-electron chi connectivity index (χ0n) is 14.0. The van der Waals surface area contributed by atoms with Gasteiger partial charge in [-0.25, -0.2) is 9.97 Å². The van der Waals surface area contributed by atoms with E-state index in [2.05, 4.69) is 21.9 Å². The van der Waals surface area contributed by atoms with Gasteiger partial charge in [0, 0.05) is 11.4 Å². The highest BCUT2D eigenvalue weighted by Gasteiger charge is 2.23. The fourth-order valence-electron chi connectivity index (χ4n) is 2.92. The Balaban J connectivity index is 1.84. The molecule has 0 aliphatic heterocycles. The van der Waals surface area contributed by atoms with Crippen molar-refractivity contribution in [3.63, 3.8) is 0 Å². The molecule has 0 atom stereocenters. The Morgan fingerprint density at radius 3 is 2.69 bits per heavy atom. The first-order valence-corrected chi connectivity index (χ1v) is 9.03. The van der Waals surface area contributed by atoms with Crippen molar-refractivity contribution in [1.82, 2.24) is 19.9 Å². The van der Waals surface area contributed by atoms with Crippen molar-refractivity contribution >= 4 is 45.3 Å². The van der Waals surface area contributed by atoms with E-state index in [1.54, 1.807) is 22.0 Å². The van der Waals surface area contributed by atoms with Crippen LogP contribution in [0.3, 0.4) is 0 Å². The number of hydrogen-bond acceptors (Lipinski definition) is 5. The highest BCUT2D eigenvalue weighted by Crippen LogP contribution is 2.28. The summed E-state index contributed by atoms with van der Waals surface area (Å²) in [6, 6.07) is 11.5. The van der Waals surface area contributed by atoms with Gasteiger partial charge >= 0.3 is 0 Å². The second-order valence-corrected chi connectivity index (χ2v) is 6.84. The number of nitrogen functional groups attached to an aromatic ring is 1. The molecule has 130 valence electrons. The standard InChI is InChI=1S/C19H17N5OS/c1-2-9-24-17(20)15(19(25)21-11-12-6-5-10-26-12)16-18(24)23-14-8-4-3-7-13(14)22-16/h2-8,10H,1,9,11,20H2,(H,21,25). The van der Waals surface area contributed by atoms with Gasteiger partial charge in [0.2, 0.25) is 0 Å². The van der Waals surface area contributed by atoms with Crippen molar-refractivity contribution in [2.75, 3.05) is 5.73 Å². The number of nitrogens with one attached hydrogen (secondary N) is 1. The topological polar surface area (TPSA) is 85.8 Å². The second-order valence-electron chi connectivity index (χ2n) is 5.81. The Labute approximate surface area is 154 Å². The van der Waals surface area contributed by atoms with Gasteiger partial charge in [0.15, 0.2) is 5.65 Å². The molecule has 7 heteroatoms. The number of thiophene rings is 1. The molecule has 0 aliphatic rings. The maximum Gasteiger partial charge on any atom is 0.257 e. The molecule has 3 N–H and O–H groups in total. The van der Waals surface area contributed by atoms with Gasteiger partial charge in [0.05, 0.1) is 17.6 Å². The van der Waals surface area contributed by atoms with Crippen LogP contribution < -0.4 is 11.1 Å². The van der Waals surface area contributed by atoms with E-state index in [-0.39, 0.29) is 5.91 Å². The molecular formula is C19H17N5OS. The summed E-state index contributed by atoms with van der Waals surface area (Å²) in [7, 11) is 0. The van der Waals surface area contributed by atoms with E-state index in [0.717, 1.165) is 15.9 Å². The Kier molecular flexibility index (Phi) is 4.14. The number of fused-ring (bicyclic) bond motifs is 2. The van der Waals surface area contributed by atoms with E-state index in [9.17, 15) is 4.79 Å². The van der Waals surface area contributed by atoms with Gasteiger partial charge in [-0.05, 0) is 23.6 Å². The van der Waals surface area contributed by atoms with Gasteiger partial charge in [0.1, 0.15) is 16.9 Å². The van der Waals surface area contributed by atoms with Crippen LogP contribution in [0.1, 0.15) is 15.2 Å². The number of nitrogens with zero attached hydrogens (tertiary/aromatic N) is 3. The molecule has 1 aromatic carbocycles. The second kappa shape index (κ2) is 6.61. The summed E-state index contributed by atoms with van der Waals surface area (Å²) in [5, 5.41) is 4.90. The predicted molar refractivity (Wildman–Crippen MR) is 105 cm³/mol. The van der Waals surface area contributed by atoms with Crippen molar-refractivity contribution in [3.8, 4) is 0 Å². The van der Waals surface area contributed by atoms with E-state index in [4.69, 9.17) is 5.73 Å². The Morgan fingerprint density at radius 1 is 1.23 bits per heavy atom. The van der Waals surface area contributed by atoms with Crippen LogP contribution in [0.2, 0.25) is 0 Å². The van der Waals surface area contributed by atoms with Crippen molar-refractivity contribution in [2.45, 2.75) is 13.1 Å². The first kappa shape index (κ1) is 16.3. The molecule has 0 unspecified atom stereocenters. The van der Waals surface area contributed by atoms with Crippen LogP contribution in [0, 0.1) is 0 Å². The number of anilines is 1. The minimum Gasteiger partial charge on any atom is -0.384 e. The summed E-state index contributed by atoms with van der Waals surface area (Å²) in [6.07, 6.45) is 1.72. The predicted octanol–water partition coefficient (Wildman–Crippen LogP) is 3.34. The number of aromatic nitrogens is 3. The molecular weight excluding hydrogens is 346 g/mol. The van der Waals surface area contributed by atoms with Crippen LogP contribution in [-0.2, 0) is 13.1 Å². The molecule has 0 fully saturated rings. The third kappa shape index (κ3) is 2.72. The summed E-state index contributed by atoms with van der Waals surface area (Å²) in [6.45, 7) is 4.67. The molecule has 0 radical (unpaired) electrons. The molecule has 3 heterocycles. The van der Waals surface area contributed by atoms with Gasteiger partial charge < -0.3 is 15.6 Å². The fraction of sp³-hybridized carbons (Fsp3) is 0.105. The monoisotopic (exact) mass is 363 g/mol. The number of allylic oxidation sites excluding steroid dienone is 1. The Morgan fingerprint density at radius 2 is 2.00 bits per heavy atom. The van der Waals surface area contributed by atoms with Crippen LogP contribution in [0.4, 0.5) is 5.82 Å². The number of carbonyl (C=O) groups excluding carboxylic acids is 1. The maximum atomic E-state index is 12.8. The zero-order chi connectivity index (χ0) is 18.1. The van der Waals surface area contributed by atoms with Gasteiger partial charge in [-0.15, -0.1) is 17.9 Å². The highest BCUT2D eigenvalue weighted by molar-refractivity contribution is 7.09. The van der Waals surface area contributed by atoms with E-state index in [1.807, 2.05) is 41.8 Å². The van der Waals surface area contributed by atoms with E-state index >= 15 is 0 Å². The molecule has 1 amide bonds. The third-order valence-corrected chi connectivity index (χ3v) is 5.01. The Bertz CT molecular complexity index is 1110. The molecule has 4 aromatic rings. The third-order valence-electron chi connectivity index (χ3n) is 4.13. The maximum absolute atomic E-state index is 12.8. The number of para-hydroxylation sites is 2. The minimum atomic E-state index is -0.256. The summed E-state index contributed by atoms with van der Waals surface area (Å²) < 4.78 is 1.77. The van der Waals surface area contributed by atoms with Crippen LogP contribution in [0.25, 0.3) is 22.2 Å². The molecule has 0 aliphatic carbocycles. The van der Waals surface area contributed by atoms with E-state index in [1.165, 1.54) is 0 Å². The average molecular weight is 363 g/mol. The first-order chi connectivity index (χ1) is 12.7. The lowest BCUT2D eigenvalue weighted by atomic mass is 10.2. The molecule has 0 bridgehead atoms. The van der Waals surface area contributed by atoms with Crippen LogP contribution in [0.5, 0.6) is 0 Å². The van der Waals surface area contributed by atoms with Gasteiger partial charge in [-0.1, -0.05) is 24.3 Å². The highest BCUT2D eigenvalue weighted by atomic mass is 32.1. The molecule has 6 nitrogen and oxygen atoms in total. The lowest BCUT2D eigenvalue weighted by molar-refractivity contribution is 0.0953. The average Bonchev–Trinajstić information content (AvgIpc) is 3.25. The number of amides is 1. The Hall–Kier alpha value is -3.19. The van der Waals surface area contributed by atoms with Crippen LogP contribution >= 0.6 is 11.3 Å². The summed E-state index contributed by atoms with van der Waals surface area (Å²) >= 11 is 1.59. The largest absolute Gasteiger partial charge is 0.384 e. The van der Waals surface area contributed by atoms with Gasteiger partial charge in [0.25, 0.3) is 5.91 Å². The molecule has 0 spiro atoms. The van der Waals surface area contributed by atoms with Gasteiger partial charge in [-0.3, -0.25) is 4.79 Å². The van der Waals surface area contributed by atoms with Crippen molar-refractivity contribution in [2.24, 2.45) is 0 Å². The normalized spacial score (nSPS) is 11.1. The molecule has 26 heavy (non-hydrogen) atoms. The van der Waals surface area contributed by atoms with E-state index < -0.39 is 0 Å². The van der Waals surface area contributed by atoms with E-state index in [0.29, 0.717) is 35.6 Å². The molecule has 0 saturated heterocycles. The summed E-state index contributed by atoms with van der Waals surface area (Å²) in [5.74, 6) is 0.0900. The lowest BCUT2D eigenvalue weighted by Crippen LogP contribution is -2.23. The van der Waals surface area contributed by atoms with Crippen molar-refractivity contribution in [3.05, 3.63) is 64.9 Å². The first-order valence-electron chi connectivity index (χ1n) is 8.15. The van der Waals surface area contributed by atoms with Crippen molar-refractivity contribution in [1.29, 1.82) is 0 Å². The molecule has 0 saturated carbocycles. The summed E-state index contributed by atoms with van der Waals surface area (Å²) in [4.78, 5) is 23.2. The SMILES string of the molecule is C=CCn1c(N)c(C(=O)NCc2cccs2)c2nc3ccccc3nc21. The van der Waals surface area contributed by atoms with Gasteiger partial charge in [-0.2, -0.15) is 0 Å². The fourth-order valence-corrected chi connectivity index (χ4v) is 3.57. The molecule has 4 rings (SSSR count). The lowest BCUT2D eigenvalue weighted by Gasteiger charge is -2.05. The van der Waals surface area contributed by atoms with Crippen LogP contribution in [-0.4, -0.2) is 20.4 Å². The van der Waals surface area contributed by atoms with Crippen LogP contribution in [0.15, 0.2) is 54.4 Å². The number of hydrogen-bond donors (Lipinski definition) is 2. The summed E-state index contributed by atoms with van der Waals surface area (Å²) in [5.41, 5.74) is 9.22. The number of rotatable bonds is 5. The quantitative estimate of drug-likeness (QED) is 0.533.